The minimum atomic E-state index is 0.207. The highest BCUT2D eigenvalue weighted by Gasteiger charge is 2.17. The van der Waals surface area contributed by atoms with Crippen molar-refractivity contribution in [1.29, 1.82) is 0 Å². The van der Waals surface area contributed by atoms with E-state index in [2.05, 4.69) is 69.0 Å². The number of nitrogens with one attached hydrogen (secondary N) is 2. The number of piperidine rings is 1. The first-order chi connectivity index (χ1) is 12.2. The van der Waals surface area contributed by atoms with Crippen molar-refractivity contribution in [1.82, 2.24) is 23.5 Å². The van der Waals surface area contributed by atoms with E-state index in [-0.39, 0.29) is 5.91 Å². The smallest absolute Gasteiger partial charge is 0.220 e. The molecule has 0 spiro atoms. The van der Waals surface area contributed by atoms with Gasteiger partial charge in [0, 0.05) is 87.7 Å². The zero-order chi connectivity index (χ0) is 17.9. The van der Waals surface area contributed by atoms with Crippen LogP contribution in [0.5, 0.6) is 0 Å². The fraction of sp³-hybridized carbons (Fsp3) is 0.941. The van der Waals surface area contributed by atoms with Crippen molar-refractivity contribution in [2.24, 2.45) is 0 Å². The van der Waals surface area contributed by atoms with Gasteiger partial charge >= 0.3 is 0 Å². The summed E-state index contributed by atoms with van der Waals surface area (Å²) >= 11 is 4.83. The van der Waals surface area contributed by atoms with Crippen LogP contribution in [0.2, 0.25) is 0 Å². The van der Waals surface area contributed by atoms with E-state index in [0.29, 0.717) is 12.5 Å². The summed E-state index contributed by atoms with van der Waals surface area (Å²) in [6.45, 7) is 9.84. The molecule has 0 bridgehead atoms. The Morgan fingerprint density at radius 1 is 0.960 bits per heavy atom. The first-order valence-corrected chi connectivity index (χ1v) is 12.1. The van der Waals surface area contributed by atoms with E-state index in [0.717, 1.165) is 50.1 Å². The zero-order valence-electron chi connectivity index (χ0n) is 15.2. The van der Waals surface area contributed by atoms with Gasteiger partial charge in [-0.2, -0.15) is 0 Å². The number of nitrogens with zero attached hydrogens (tertiary/aromatic N) is 3. The predicted octanol–water partition coefficient (Wildman–Crippen LogP) is 1.69. The van der Waals surface area contributed by atoms with Crippen LogP contribution < -0.4 is 10.6 Å². The number of alkyl halides is 1. The fourth-order valence-corrected chi connectivity index (χ4v) is 4.61. The highest BCUT2D eigenvalue weighted by Crippen LogP contribution is 2.13. The Morgan fingerprint density at radius 3 is 2.32 bits per heavy atom. The molecule has 6 nitrogen and oxygen atoms in total. The second-order valence-corrected chi connectivity index (χ2v) is 9.07. The molecule has 0 atom stereocenters. The van der Waals surface area contributed by atoms with Gasteiger partial charge in [0.25, 0.3) is 0 Å². The van der Waals surface area contributed by atoms with Crippen LogP contribution in [0.25, 0.3) is 0 Å². The van der Waals surface area contributed by atoms with Gasteiger partial charge < -0.3 is 15.5 Å². The molecule has 2 N–H and O–H groups in total. The number of unbranched alkanes of at least 4 members (excludes halogenated alkanes) is 1. The van der Waals surface area contributed by atoms with Crippen molar-refractivity contribution >= 4 is 51.4 Å². The van der Waals surface area contributed by atoms with Gasteiger partial charge in [-0.25, -0.2) is 3.11 Å². The highest BCUT2D eigenvalue weighted by molar-refractivity contribution is 14.1. The highest BCUT2D eigenvalue weighted by atomic mass is 127. The van der Waals surface area contributed by atoms with Crippen LogP contribution in [0.15, 0.2) is 0 Å². The largest absolute Gasteiger partial charge is 0.355 e. The second-order valence-electron chi connectivity index (χ2n) is 7.02. The Labute approximate surface area is 180 Å². The van der Waals surface area contributed by atoms with Crippen LogP contribution in [0.4, 0.5) is 0 Å². The molecule has 0 aromatic carbocycles. The Morgan fingerprint density at radius 2 is 1.64 bits per heavy atom. The number of carbonyl (C=O) groups is 1. The summed E-state index contributed by atoms with van der Waals surface area (Å²) in [6, 6.07) is 0.621. The SMILES string of the molecule is O=C(CCCCN1CCN(CI)CC1)NCCNC1CCN(I)CC1. The van der Waals surface area contributed by atoms with Gasteiger partial charge in [0.1, 0.15) is 0 Å². The van der Waals surface area contributed by atoms with E-state index in [1.54, 1.807) is 0 Å². The third-order valence-corrected chi connectivity index (χ3v) is 7.01. The van der Waals surface area contributed by atoms with Crippen molar-refractivity contribution in [3.8, 4) is 0 Å². The van der Waals surface area contributed by atoms with E-state index in [9.17, 15) is 4.79 Å². The summed E-state index contributed by atoms with van der Waals surface area (Å²) in [5.41, 5.74) is 0. The van der Waals surface area contributed by atoms with Gasteiger partial charge in [-0.3, -0.25) is 9.69 Å². The van der Waals surface area contributed by atoms with Crippen molar-refractivity contribution in [3.63, 3.8) is 0 Å². The minimum absolute atomic E-state index is 0.207. The molecule has 0 aliphatic carbocycles. The topological polar surface area (TPSA) is 50.9 Å². The molecule has 2 saturated heterocycles. The molecule has 25 heavy (non-hydrogen) atoms. The van der Waals surface area contributed by atoms with E-state index >= 15 is 0 Å². The van der Waals surface area contributed by atoms with E-state index in [4.69, 9.17) is 0 Å². The first kappa shape index (κ1) is 22.1. The summed E-state index contributed by atoms with van der Waals surface area (Å²) in [6.07, 6.45) is 5.22. The van der Waals surface area contributed by atoms with Gasteiger partial charge in [-0.05, 0) is 32.2 Å². The van der Waals surface area contributed by atoms with Crippen LogP contribution in [0, 0.1) is 0 Å². The average molecular weight is 577 g/mol. The first-order valence-electron chi connectivity index (χ1n) is 9.59. The molecule has 0 unspecified atom stereocenters. The summed E-state index contributed by atoms with van der Waals surface area (Å²) < 4.78 is 3.49. The molecule has 0 aromatic rings. The van der Waals surface area contributed by atoms with Gasteiger partial charge in [-0.15, -0.1) is 0 Å². The zero-order valence-corrected chi connectivity index (χ0v) is 19.5. The fourth-order valence-electron chi connectivity index (χ4n) is 3.37. The number of carbonyl (C=O) groups excluding carboxylic acids is 1. The van der Waals surface area contributed by atoms with Crippen molar-refractivity contribution < 1.29 is 4.79 Å². The van der Waals surface area contributed by atoms with Gasteiger partial charge in [0.15, 0.2) is 0 Å². The van der Waals surface area contributed by atoms with Crippen LogP contribution in [0.1, 0.15) is 32.1 Å². The lowest BCUT2D eigenvalue weighted by atomic mass is 10.1. The summed E-state index contributed by atoms with van der Waals surface area (Å²) in [5, 5.41) is 6.61. The van der Waals surface area contributed by atoms with Crippen molar-refractivity contribution in [2.75, 3.05) is 63.5 Å². The number of rotatable bonds is 10. The Hall–Kier alpha value is 0.770. The summed E-state index contributed by atoms with van der Waals surface area (Å²) in [4.78, 5) is 16.9. The molecule has 2 rings (SSSR count). The second kappa shape index (κ2) is 13.0. The lowest BCUT2D eigenvalue weighted by Gasteiger charge is -2.33. The van der Waals surface area contributed by atoms with Crippen LogP contribution >= 0.6 is 45.5 Å². The molecular weight excluding hydrogens is 544 g/mol. The number of hydrogen-bond donors (Lipinski definition) is 2. The maximum absolute atomic E-state index is 11.9. The molecule has 146 valence electrons. The molecule has 2 heterocycles. The molecular formula is C17H33I2N5O. The third-order valence-electron chi connectivity index (χ3n) is 5.08. The van der Waals surface area contributed by atoms with E-state index < -0.39 is 0 Å². The van der Waals surface area contributed by atoms with Gasteiger partial charge in [0.05, 0.1) is 4.55 Å². The molecule has 0 aromatic heterocycles. The molecule has 0 radical (unpaired) electrons. The van der Waals surface area contributed by atoms with Gasteiger partial charge in [0.2, 0.25) is 5.91 Å². The molecule has 8 heteroatoms. The summed E-state index contributed by atoms with van der Waals surface area (Å²) in [5.74, 6) is 0.207. The molecule has 2 aliphatic heterocycles. The molecule has 2 fully saturated rings. The van der Waals surface area contributed by atoms with Crippen molar-refractivity contribution in [3.05, 3.63) is 0 Å². The van der Waals surface area contributed by atoms with Crippen molar-refractivity contribution in [2.45, 2.75) is 38.1 Å². The Kier molecular flexibility index (Phi) is 11.5. The third kappa shape index (κ3) is 9.50. The minimum Gasteiger partial charge on any atom is -0.355 e. The standard InChI is InChI=1S/C17H33I2N5O/c18-15-23-13-11-22(12-14-23)8-2-1-3-17(25)21-7-6-20-16-4-9-24(19)10-5-16/h16,20H,1-15H2,(H,21,25). The van der Waals surface area contributed by atoms with Crippen LogP contribution in [-0.2, 0) is 4.79 Å². The quantitative estimate of drug-likeness (QED) is 0.136. The Bertz CT molecular complexity index is 372. The normalized spacial score (nSPS) is 21.5. The molecule has 1 amide bonds. The van der Waals surface area contributed by atoms with E-state index in [1.165, 1.54) is 39.0 Å². The maximum Gasteiger partial charge on any atom is 0.220 e. The number of piperazine rings is 1. The lowest BCUT2D eigenvalue weighted by Crippen LogP contribution is -2.45. The van der Waals surface area contributed by atoms with Gasteiger partial charge in [-0.1, -0.05) is 22.6 Å². The van der Waals surface area contributed by atoms with Crippen LogP contribution in [0.3, 0.4) is 0 Å². The number of amides is 1. The monoisotopic (exact) mass is 577 g/mol. The molecule has 2 aliphatic rings. The summed E-state index contributed by atoms with van der Waals surface area (Å²) in [7, 11) is 0. The molecule has 0 saturated carbocycles. The van der Waals surface area contributed by atoms with E-state index in [1.807, 2.05) is 0 Å². The number of halogens is 2. The number of hydrogen-bond acceptors (Lipinski definition) is 5. The lowest BCUT2D eigenvalue weighted by molar-refractivity contribution is -0.121. The average Bonchev–Trinajstić information content (AvgIpc) is 2.64. The van der Waals surface area contributed by atoms with Crippen LogP contribution in [-0.4, -0.2) is 88.3 Å². The Balaban J connectivity index is 1.40. The predicted molar refractivity (Wildman–Crippen MR) is 120 cm³/mol. The maximum atomic E-state index is 11.9.